The summed E-state index contributed by atoms with van der Waals surface area (Å²) >= 11 is 5.55. The van der Waals surface area contributed by atoms with Crippen LogP contribution in [0.3, 0.4) is 0 Å². The lowest BCUT2D eigenvalue weighted by Gasteiger charge is -2.11. The molecular formula is C11H10ClF3O3. The van der Waals surface area contributed by atoms with Crippen LogP contribution in [0.5, 0.6) is 5.75 Å². The zero-order valence-corrected chi connectivity index (χ0v) is 10.1. The number of esters is 1. The molecule has 0 aliphatic rings. The molecule has 18 heavy (non-hydrogen) atoms. The van der Waals surface area contributed by atoms with Crippen molar-refractivity contribution in [3.05, 3.63) is 29.1 Å². The van der Waals surface area contributed by atoms with Gasteiger partial charge in [-0.2, -0.15) is 8.78 Å². The van der Waals surface area contributed by atoms with Gasteiger partial charge in [-0.1, -0.05) is 0 Å². The molecule has 1 aromatic carbocycles. The molecular weight excluding hydrogens is 273 g/mol. The monoisotopic (exact) mass is 282 g/mol. The Bertz CT molecular complexity index is 438. The molecule has 0 amide bonds. The molecule has 0 atom stereocenters. The highest BCUT2D eigenvalue weighted by Gasteiger charge is 2.16. The number of hydrogen-bond donors (Lipinski definition) is 0. The van der Waals surface area contributed by atoms with Crippen LogP contribution in [-0.4, -0.2) is 19.7 Å². The first-order valence-corrected chi connectivity index (χ1v) is 5.40. The average Bonchev–Trinajstić information content (AvgIpc) is 2.31. The highest BCUT2D eigenvalue weighted by Crippen LogP contribution is 2.26. The molecule has 0 N–H and O–H groups in total. The first-order valence-electron chi connectivity index (χ1n) is 4.86. The fourth-order valence-corrected chi connectivity index (χ4v) is 1.53. The van der Waals surface area contributed by atoms with Gasteiger partial charge in [0.15, 0.2) is 0 Å². The molecule has 0 unspecified atom stereocenters. The van der Waals surface area contributed by atoms with Gasteiger partial charge in [0.05, 0.1) is 19.4 Å². The topological polar surface area (TPSA) is 35.5 Å². The Morgan fingerprint density at radius 3 is 2.56 bits per heavy atom. The number of carbonyl (C=O) groups excluding carboxylic acids is 1. The van der Waals surface area contributed by atoms with Crippen LogP contribution in [0.1, 0.15) is 11.1 Å². The van der Waals surface area contributed by atoms with Crippen LogP contribution in [0.2, 0.25) is 0 Å². The summed E-state index contributed by atoms with van der Waals surface area (Å²) in [5.41, 5.74) is 0.191. The highest BCUT2D eigenvalue weighted by atomic mass is 35.5. The predicted octanol–water partition coefficient (Wildman–Crippen LogP) is 2.88. The van der Waals surface area contributed by atoms with E-state index in [0.29, 0.717) is 0 Å². The highest BCUT2D eigenvalue weighted by molar-refractivity contribution is 6.17. The smallest absolute Gasteiger partial charge is 0.387 e. The Labute approximate surface area is 106 Å². The number of methoxy groups -OCH3 is 1. The molecule has 0 fully saturated rings. The molecule has 0 heterocycles. The second-order valence-corrected chi connectivity index (χ2v) is 3.58. The maximum absolute atomic E-state index is 13.5. The zero-order chi connectivity index (χ0) is 13.7. The number of ether oxygens (including phenoxy) is 2. The summed E-state index contributed by atoms with van der Waals surface area (Å²) in [7, 11) is 1.16. The molecule has 0 aliphatic heterocycles. The zero-order valence-electron chi connectivity index (χ0n) is 9.38. The Morgan fingerprint density at radius 2 is 2.06 bits per heavy atom. The lowest BCUT2D eigenvalue weighted by Crippen LogP contribution is -2.09. The van der Waals surface area contributed by atoms with E-state index in [1.54, 1.807) is 0 Å². The SMILES string of the molecule is COC(=O)Cc1cc(CCl)c(OC(F)F)cc1F. The van der Waals surface area contributed by atoms with E-state index in [0.717, 1.165) is 13.2 Å². The number of carbonyl (C=O) groups is 1. The van der Waals surface area contributed by atoms with Gasteiger partial charge in [0.2, 0.25) is 0 Å². The molecule has 0 saturated carbocycles. The van der Waals surface area contributed by atoms with Gasteiger partial charge in [-0.05, 0) is 11.6 Å². The Balaban J connectivity index is 3.05. The second kappa shape index (κ2) is 6.49. The molecule has 100 valence electrons. The van der Waals surface area contributed by atoms with Gasteiger partial charge in [-0.3, -0.25) is 4.79 Å². The Morgan fingerprint density at radius 1 is 1.39 bits per heavy atom. The van der Waals surface area contributed by atoms with E-state index in [-0.39, 0.29) is 29.2 Å². The summed E-state index contributed by atoms with van der Waals surface area (Å²) in [4.78, 5) is 11.0. The van der Waals surface area contributed by atoms with E-state index in [2.05, 4.69) is 9.47 Å². The van der Waals surface area contributed by atoms with Gasteiger partial charge >= 0.3 is 12.6 Å². The Hall–Kier alpha value is -1.43. The van der Waals surface area contributed by atoms with Gasteiger partial charge in [-0.25, -0.2) is 4.39 Å². The fourth-order valence-electron chi connectivity index (χ4n) is 1.32. The molecule has 0 aromatic heterocycles. The second-order valence-electron chi connectivity index (χ2n) is 3.32. The summed E-state index contributed by atoms with van der Waals surface area (Å²) in [6.07, 6.45) is -0.304. The lowest BCUT2D eigenvalue weighted by molar-refractivity contribution is -0.139. The molecule has 1 aromatic rings. The maximum atomic E-state index is 13.5. The number of hydrogen-bond acceptors (Lipinski definition) is 3. The number of rotatable bonds is 5. The molecule has 0 saturated heterocycles. The standard InChI is InChI=1S/C11H10ClF3O3/c1-17-10(16)3-6-2-7(5-12)9(4-8(6)13)18-11(14)15/h2,4,11H,3,5H2,1H3. The minimum absolute atomic E-state index is 0.0131. The van der Waals surface area contributed by atoms with E-state index < -0.39 is 18.4 Å². The van der Waals surface area contributed by atoms with Crippen molar-refractivity contribution in [3.8, 4) is 5.75 Å². The van der Waals surface area contributed by atoms with E-state index in [1.807, 2.05) is 0 Å². The normalized spacial score (nSPS) is 10.6. The van der Waals surface area contributed by atoms with E-state index in [4.69, 9.17) is 11.6 Å². The summed E-state index contributed by atoms with van der Waals surface area (Å²) in [6, 6.07) is 1.99. The fraction of sp³-hybridized carbons (Fsp3) is 0.364. The van der Waals surface area contributed by atoms with Crippen LogP contribution in [-0.2, 0) is 21.8 Å². The lowest BCUT2D eigenvalue weighted by atomic mass is 10.1. The van der Waals surface area contributed by atoms with Crippen molar-refractivity contribution in [1.82, 2.24) is 0 Å². The summed E-state index contributed by atoms with van der Waals surface area (Å²) in [5.74, 6) is -1.95. The first-order chi connectivity index (χ1) is 8.47. The van der Waals surface area contributed by atoms with Crippen LogP contribution in [0.4, 0.5) is 13.2 Å². The molecule has 7 heteroatoms. The average molecular weight is 283 g/mol. The number of halogens is 4. The van der Waals surface area contributed by atoms with Crippen LogP contribution in [0, 0.1) is 5.82 Å². The van der Waals surface area contributed by atoms with Crippen molar-refractivity contribution in [2.75, 3.05) is 7.11 Å². The van der Waals surface area contributed by atoms with E-state index in [9.17, 15) is 18.0 Å². The first kappa shape index (κ1) is 14.6. The maximum Gasteiger partial charge on any atom is 0.387 e. The third-order valence-corrected chi connectivity index (χ3v) is 2.44. The Kier molecular flexibility index (Phi) is 5.27. The van der Waals surface area contributed by atoms with Gasteiger partial charge in [0.25, 0.3) is 0 Å². The van der Waals surface area contributed by atoms with Crippen molar-refractivity contribution in [2.24, 2.45) is 0 Å². The van der Waals surface area contributed by atoms with E-state index >= 15 is 0 Å². The van der Waals surface area contributed by atoms with Gasteiger partial charge in [-0.15, -0.1) is 11.6 Å². The van der Waals surface area contributed by atoms with Gasteiger partial charge in [0.1, 0.15) is 11.6 Å². The molecule has 1 rings (SSSR count). The minimum Gasteiger partial charge on any atom is -0.469 e. The van der Waals surface area contributed by atoms with Crippen LogP contribution in [0.25, 0.3) is 0 Å². The molecule has 0 spiro atoms. The van der Waals surface area contributed by atoms with Crippen molar-refractivity contribution in [2.45, 2.75) is 18.9 Å². The van der Waals surface area contributed by atoms with Gasteiger partial charge < -0.3 is 9.47 Å². The number of alkyl halides is 3. The van der Waals surface area contributed by atoms with E-state index in [1.165, 1.54) is 6.07 Å². The summed E-state index contributed by atoms with van der Waals surface area (Å²) in [5, 5.41) is 0. The van der Waals surface area contributed by atoms with Crippen LogP contribution < -0.4 is 4.74 Å². The molecule has 0 bridgehead atoms. The molecule has 3 nitrogen and oxygen atoms in total. The minimum atomic E-state index is -3.07. The quantitative estimate of drug-likeness (QED) is 0.615. The summed E-state index contributed by atoms with van der Waals surface area (Å²) < 4.78 is 46.2. The third-order valence-electron chi connectivity index (χ3n) is 2.15. The molecule has 0 aliphatic carbocycles. The van der Waals surface area contributed by atoms with Crippen molar-refractivity contribution in [1.29, 1.82) is 0 Å². The largest absolute Gasteiger partial charge is 0.469 e. The van der Waals surface area contributed by atoms with Gasteiger partial charge in [0, 0.05) is 11.6 Å². The van der Waals surface area contributed by atoms with Crippen LogP contribution >= 0.6 is 11.6 Å². The number of benzene rings is 1. The van der Waals surface area contributed by atoms with Crippen molar-refractivity contribution >= 4 is 17.6 Å². The van der Waals surface area contributed by atoms with Crippen molar-refractivity contribution in [3.63, 3.8) is 0 Å². The predicted molar refractivity (Wildman–Crippen MR) is 58.3 cm³/mol. The third kappa shape index (κ3) is 3.80. The van der Waals surface area contributed by atoms with Crippen LogP contribution in [0.15, 0.2) is 12.1 Å². The molecule has 0 radical (unpaired) electrons. The summed E-state index contributed by atoms with van der Waals surface area (Å²) in [6.45, 7) is -3.07. The van der Waals surface area contributed by atoms with Crippen molar-refractivity contribution < 1.29 is 27.4 Å².